The first-order chi connectivity index (χ1) is 12.4. The van der Waals surface area contributed by atoms with Gasteiger partial charge in [0.05, 0.1) is 6.04 Å². The molecule has 1 amide bonds. The van der Waals surface area contributed by atoms with Gasteiger partial charge in [0.15, 0.2) is 5.78 Å². The van der Waals surface area contributed by atoms with Crippen LogP contribution in [0.5, 0.6) is 0 Å². The third-order valence-electron chi connectivity index (χ3n) is 3.72. The second-order valence-electron chi connectivity index (χ2n) is 5.84. The van der Waals surface area contributed by atoms with Crippen molar-refractivity contribution in [2.45, 2.75) is 13.0 Å². The molecule has 0 fully saturated rings. The molecule has 3 rings (SSSR count). The van der Waals surface area contributed by atoms with E-state index in [0.717, 1.165) is 0 Å². The van der Waals surface area contributed by atoms with Gasteiger partial charge in [0, 0.05) is 27.9 Å². The minimum atomic E-state index is -0.314. The second-order valence-corrected chi connectivity index (χ2v) is 6.73. The second kappa shape index (κ2) is 7.47. The van der Waals surface area contributed by atoms with E-state index < -0.39 is 0 Å². The fraction of sp³-hybridized carbons (Fsp3) is 0.105. The summed E-state index contributed by atoms with van der Waals surface area (Å²) in [6, 6.07) is 13.2. The number of amides is 1. The topological polar surface area (TPSA) is 111 Å². The molecule has 1 atom stereocenters. The van der Waals surface area contributed by atoms with Crippen LogP contribution in [0.1, 0.15) is 44.4 Å². The third-order valence-corrected chi connectivity index (χ3v) is 4.77. The number of nitrogens with zero attached hydrogens (tertiary/aromatic N) is 1. The van der Waals surface area contributed by atoms with Gasteiger partial charge in [-0.15, -0.1) is 11.3 Å². The van der Waals surface area contributed by atoms with Gasteiger partial charge >= 0.3 is 0 Å². The van der Waals surface area contributed by atoms with Crippen LogP contribution in [-0.2, 0) is 0 Å². The number of thiazole rings is 1. The van der Waals surface area contributed by atoms with Crippen LogP contribution in [0.4, 0.5) is 11.4 Å². The number of hydrogen-bond acceptors (Lipinski definition) is 6. The summed E-state index contributed by atoms with van der Waals surface area (Å²) in [5.41, 5.74) is 14.0. The maximum absolute atomic E-state index is 12.4. The van der Waals surface area contributed by atoms with Crippen LogP contribution in [0.3, 0.4) is 0 Å². The highest BCUT2D eigenvalue weighted by Crippen LogP contribution is 2.18. The predicted octanol–water partition coefficient (Wildman–Crippen LogP) is 3.23. The summed E-state index contributed by atoms with van der Waals surface area (Å²) in [5.74, 6) is -0.422. The fourth-order valence-corrected chi connectivity index (χ4v) is 3.06. The molecule has 0 aliphatic carbocycles. The summed E-state index contributed by atoms with van der Waals surface area (Å²) >= 11 is 1.35. The van der Waals surface area contributed by atoms with E-state index in [-0.39, 0.29) is 17.7 Å². The average molecular weight is 366 g/mol. The van der Waals surface area contributed by atoms with Crippen LogP contribution in [0.15, 0.2) is 53.9 Å². The number of nitrogens with two attached hydrogens (primary N) is 2. The van der Waals surface area contributed by atoms with E-state index in [1.165, 1.54) is 11.3 Å². The lowest BCUT2D eigenvalue weighted by atomic mass is 10.0. The third kappa shape index (κ3) is 3.96. The number of hydrogen-bond donors (Lipinski definition) is 3. The Morgan fingerprint density at radius 3 is 2.15 bits per heavy atom. The molecular weight excluding hydrogens is 348 g/mol. The summed E-state index contributed by atoms with van der Waals surface area (Å²) in [6.45, 7) is 1.82. The molecule has 132 valence electrons. The largest absolute Gasteiger partial charge is 0.399 e. The number of rotatable bonds is 5. The molecule has 6 nitrogen and oxygen atoms in total. The Morgan fingerprint density at radius 2 is 1.62 bits per heavy atom. The lowest BCUT2D eigenvalue weighted by Crippen LogP contribution is -2.13. The number of carbonyl (C=O) groups is 2. The lowest BCUT2D eigenvalue weighted by Gasteiger charge is -2.06. The molecule has 1 unspecified atom stereocenters. The monoisotopic (exact) mass is 366 g/mol. The van der Waals surface area contributed by atoms with Crippen molar-refractivity contribution in [3.63, 3.8) is 0 Å². The predicted molar refractivity (Wildman–Crippen MR) is 103 cm³/mol. The molecule has 0 radical (unpaired) electrons. The van der Waals surface area contributed by atoms with Crippen LogP contribution < -0.4 is 16.8 Å². The van der Waals surface area contributed by atoms with Gasteiger partial charge < -0.3 is 16.8 Å². The molecule has 0 spiro atoms. The van der Waals surface area contributed by atoms with Crippen molar-refractivity contribution in [1.82, 2.24) is 4.98 Å². The number of anilines is 2. The van der Waals surface area contributed by atoms with E-state index >= 15 is 0 Å². The van der Waals surface area contributed by atoms with Gasteiger partial charge in [0.1, 0.15) is 10.7 Å². The highest BCUT2D eigenvalue weighted by atomic mass is 32.1. The molecule has 2 aromatic carbocycles. The van der Waals surface area contributed by atoms with Crippen molar-refractivity contribution < 1.29 is 9.59 Å². The Kier molecular flexibility index (Phi) is 5.11. The molecule has 0 saturated carbocycles. The molecule has 0 aliphatic rings. The van der Waals surface area contributed by atoms with Crippen LogP contribution in [-0.4, -0.2) is 16.7 Å². The SMILES string of the molecule is CC(N)c1nc(C(=O)Nc2ccc(C(=O)c3ccc(N)cc3)cc2)cs1. The first kappa shape index (κ1) is 17.8. The van der Waals surface area contributed by atoms with Crippen LogP contribution in [0.25, 0.3) is 0 Å². The molecule has 7 heteroatoms. The smallest absolute Gasteiger partial charge is 0.275 e. The molecule has 0 aliphatic heterocycles. The normalized spacial score (nSPS) is 11.8. The Morgan fingerprint density at radius 1 is 1.04 bits per heavy atom. The molecule has 1 aromatic heterocycles. The minimum absolute atomic E-state index is 0.107. The van der Waals surface area contributed by atoms with E-state index in [4.69, 9.17) is 11.5 Å². The molecule has 0 saturated heterocycles. The van der Waals surface area contributed by atoms with Crippen LogP contribution >= 0.6 is 11.3 Å². The molecule has 26 heavy (non-hydrogen) atoms. The Labute approximate surface area is 154 Å². The Balaban J connectivity index is 1.69. The quantitative estimate of drug-likeness (QED) is 0.474. The van der Waals surface area contributed by atoms with Crippen molar-refractivity contribution in [2.24, 2.45) is 5.73 Å². The highest BCUT2D eigenvalue weighted by molar-refractivity contribution is 7.09. The first-order valence-corrected chi connectivity index (χ1v) is 8.84. The zero-order valence-electron chi connectivity index (χ0n) is 14.1. The summed E-state index contributed by atoms with van der Waals surface area (Å²) in [4.78, 5) is 28.9. The van der Waals surface area contributed by atoms with Gasteiger partial charge in [-0.05, 0) is 55.5 Å². The van der Waals surface area contributed by atoms with E-state index in [9.17, 15) is 9.59 Å². The maximum atomic E-state index is 12.4. The standard InChI is InChI=1S/C19H18N4O2S/c1-11(20)19-23-16(10-26-19)18(25)22-15-8-4-13(5-9-15)17(24)12-2-6-14(21)7-3-12/h2-11H,20-21H2,1H3,(H,22,25). The Hall–Kier alpha value is -3.03. The number of benzene rings is 2. The summed E-state index contributed by atoms with van der Waals surface area (Å²) < 4.78 is 0. The molecule has 0 bridgehead atoms. The summed E-state index contributed by atoms with van der Waals surface area (Å²) in [5, 5.41) is 5.14. The van der Waals surface area contributed by atoms with Crippen LogP contribution in [0, 0.1) is 0 Å². The average Bonchev–Trinajstić information content (AvgIpc) is 3.13. The molecule has 5 N–H and O–H groups in total. The molecule has 1 heterocycles. The van der Waals surface area contributed by atoms with Crippen LogP contribution in [0.2, 0.25) is 0 Å². The number of nitrogen functional groups attached to an aromatic ring is 1. The summed E-state index contributed by atoms with van der Waals surface area (Å²) in [7, 11) is 0. The number of nitrogens with one attached hydrogen (secondary N) is 1. The maximum Gasteiger partial charge on any atom is 0.275 e. The van der Waals surface area contributed by atoms with E-state index in [1.807, 2.05) is 6.92 Å². The molecule has 3 aromatic rings. The van der Waals surface area contributed by atoms with Crippen molar-refractivity contribution >= 4 is 34.4 Å². The van der Waals surface area contributed by atoms with Gasteiger partial charge in [-0.2, -0.15) is 0 Å². The van der Waals surface area contributed by atoms with E-state index in [1.54, 1.807) is 53.9 Å². The van der Waals surface area contributed by atoms with Crippen molar-refractivity contribution in [1.29, 1.82) is 0 Å². The molecular formula is C19H18N4O2S. The van der Waals surface area contributed by atoms with E-state index in [0.29, 0.717) is 33.2 Å². The number of ketones is 1. The number of aromatic nitrogens is 1. The van der Waals surface area contributed by atoms with Gasteiger partial charge in [0.25, 0.3) is 5.91 Å². The van der Waals surface area contributed by atoms with Gasteiger partial charge in [0.2, 0.25) is 0 Å². The fourth-order valence-electron chi connectivity index (χ4n) is 2.30. The summed E-state index contributed by atoms with van der Waals surface area (Å²) in [6.07, 6.45) is 0. The minimum Gasteiger partial charge on any atom is -0.399 e. The zero-order chi connectivity index (χ0) is 18.7. The Bertz CT molecular complexity index is 931. The van der Waals surface area contributed by atoms with Crippen molar-refractivity contribution in [3.05, 3.63) is 75.7 Å². The van der Waals surface area contributed by atoms with Gasteiger partial charge in [-0.25, -0.2) is 4.98 Å². The van der Waals surface area contributed by atoms with Gasteiger partial charge in [-0.3, -0.25) is 9.59 Å². The number of carbonyl (C=O) groups excluding carboxylic acids is 2. The lowest BCUT2D eigenvalue weighted by molar-refractivity contribution is 0.102. The zero-order valence-corrected chi connectivity index (χ0v) is 14.9. The van der Waals surface area contributed by atoms with Crippen molar-refractivity contribution in [3.8, 4) is 0 Å². The van der Waals surface area contributed by atoms with Gasteiger partial charge in [-0.1, -0.05) is 0 Å². The highest BCUT2D eigenvalue weighted by Gasteiger charge is 2.14. The first-order valence-electron chi connectivity index (χ1n) is 7.96. The van der Waals surface area contributed by atoms with E-state index in [2.05, 4.69) is 10.3 Å². The van der Waals surface area contributed by atoms with Crippen molar-refractivity contribution in [2.75, 3.05) is 11.1 Å².